The molecule has 0 saturated heterocycles. The molecular formula is C19H20N4O2. The molecule has 2 heterocycles. The second-order valence-electron chi connectivity index (χ2n) is 5.40. The van der Waals surface area contributed by atoms with E-state index < -0.39 is 0 Å². The van der Waals surface area contributed by atoms with Crippen molar-refractivity contribution >= 4 is 5.82 Å². The highest BCUT2D eigenvalue weighted by Crippen LogP contribution is 2.19. The minimum Gasteiger partial charge on any atom is -0.492 e. The lowest BCUT2D eigenvalue weighted by atomic mass is 10.2. The third-order valence-corrected chi connectivity index (χ3v) is 3.58. The smallest absolute Gasteiger partial charge is 0.212 e. The van der Waals surface area contributed by atoms with Crippen LogP contribution in [0.25, 0.3) is 11.4 Å². The van der Waals surface area contributed by atoms with Gasteiger partial charge >= 0.3 is 0 Å². The number of methoxy groups -OCH3 is 1. The Morgan fingerprint density at radius 3 is 2.56 bits per heavy atom. The van der Waals surface area contributed by atoms with Gasteiger partial charge in [-0.3, -0.25) is 0 Å². The zero-order valence-electron chi connectivity index (χ0n) is 14.3. The van der Waals surface area contributed by atoms with Gasteiger partial charge in [-0.05, 0) is 25.1 Å². The maximum Gasteiger partial charge on any atom is 0.212 e. The zero-order chi connectivity index (χ0) is 17.5. The number of hydrogen-bond donors (Lipinski definition) is 1. The fraction of sp³-hybridized carbons (Fsp3) is 0.211. The molecule has 0 saturated carbocycles. The van der Waals surface area contributed by atoms with Gasteiger partial charge < -0.3 is 14.8 Å². The van der Waals surface area contributed by atoms with Crippen LogP contribution in [-0.4, -0.2) is 35.2 Å². The van der Waals surface area contributed by atoms with Gasteiger partial charge in [0, 0.05) is 29.6 Å². The zero-order valence-corrected chi connectivity index (χ0v) is 14.3. The fourth-order valence-electron chi connectivity index (χ4n) is 2.25. The molecule has 6 nitrogen and oxygen atoms in total. The summed E-state index contributed by atoms with van der Waals surface area (Å²) in [6, 6.07) is 13.4. The van der Waals surface area contributed by atoms with Gasteiger partial charge in [0.15, 0.2) is 5.82 Å². The van der Waals surface area contributed by atoms with Crippen molar-refractivity contribution in [2.24, 2.45) is 0 Å². The quantitative estimate of drug-likeness (QED) is 0.667. The Hall–Kier alpha value is -3.15. The average molecular weight is 336 g/mol. The van der Waals surface area contributed by atoms with Gasteiger partial charge in [-0.1, -0.05) is 18.2 Å². The van der Waals surface area contributed by atoms with Gasteiger partial charge in [0.25, 0.3) is 0 Å². The van der Waals surface area contributed by atoms with E-state index in [1.54, 1.807) is 25.6 Å². The molecule has 1 aromatic carbocycles. The van der Waals surface area contributed by atoms with Crippen molar-refractivity contribution in [2.45, 2.75) is 6.92 Å². The van der Waals surface area contributed by atoms with Crippen LogP contribution >= 0.6 is 0 Å². The van der Waals surface area contributed by atoms with Crippen LogP contribution in [0.15, 0.2) is 54.9 Å². The minimum absolute atomic E-state index is 0.548. The standard InChI is InChI=1S/C19H20N4O2/c1-14-12-22-19(15-8-9-17(24-2)21-13-15)23-18(14)20-10-11-25-16-6-4-3-5-7-16/h3-9,12-13H,10-11H2,1-2H3,(H,20,22,23). The van der Waals surface area contributed by atoms with Gasteiger partial charge in [0.05, 0.1) is 13.7 Å². The first-order chi connectivity index (χ1) is 12.3. The van der Waals surface area contributed by atoms with Crippen LogP contribution in [0.4, 0.5) is 5.82 Å². The number of aromatic nitrogens is 3. The average Bonchev–Trinajstić information content (AvgIpc) is 2.67. The van der Waals surface area contributed by atoms with E-state index in [4.69, 9.17) is 9.47 Å². The number of pyridine rings is 1. The number of anilines is 1. The van der Waals surface area contributed by atoms with Crippen LogP contribution in [0.5, 0.6) is 11.6 Å². The lowest BCUT2D eigenvalue weighted by Crippen LogP contribution is -2.13. The number of ether oxygens (including phenoxy) is 2. The molecule has 0 aliphatic carbocycles. The first-order valence-electron chi connectivity index (χ1n) is 8.02. The predicted molar refractivity (Wildman–Crippen MR) is 97.0 cm³/mol. The largest absolute Gasteiger partial charge is 0.492 e. The maximum atomic E-state index is 5.68. The summed E-state index contributed by atoms with van der Waals surface area (Å²) in [7, 11) is 1.59. The monoisotopic (exact) mass is 336 g/mol. The van der Waals surface area contributed by atoms with E-state index >= 15 is 0 Å². The van der Waals surface area contributed by atoms with Gasteiger partial charge in [0.2, 0.25) is 5.88 Å². The number of nitrogens with zero attached hydrogens (tertiary/aromatic N) is 3. The summed E-state index contributed by atoms with van der Waals surface area (Å²) < 4.78 is 10.7. The number of para-hydroxylation sites is 1. The van der Waals surface area contributed by atoms with E-state index in [0.29, 0.717) is 24.9 Å². The van der Waals surface area contributed by atoms with Gasteiger partial charge in [-0.25, -0.2) is 15.0 Å². The van der Waals surface area contributed by atoms with Crippen LogP contribution in [-0.2, 0) is 0 Å². The summed E-state index contributed by atoms with van der Waals surface area (Å²) in [5.74, 6) is 2.82. The summed E-state index contributed by atoms with van der Waals surface area (Å²) in [5.41, 5.74) is 1.81. The van der Waals surface area contributed by atoms with E-state index in [2.05, 4.69) is 20.3 Å². The summed E-state index contributed by atoms with van der Waals surface area (Å²) in [6.45, 7) is 3.16. The molecule has 0 bridgehead atoms. The third-order valence-electron chi connectivity index (χ3n) is 3.58. The first-order valence-corrected chi connectivity index (χ1v) is 8.02. The lowest BCUT2D eigenvalue weighted by molar-refractivity contribution is 0.332. The molecule has 3 aromatic rings. The van der Waals surface area contributed by atoms with Crippen LogP contribution in [0.3, 0.4) is 0 Å². The molecule has 0 fully saturated rings. The van der Waals surface area contributed by atoms with Gasteiger partial charge in [-0.2, -0.15) is 0 Å². The van der Waals surface area contributed by atoms with Crippen molar-refractivity contribution in [1.82, 2.24) is 15.0 Å². The van der Waals surface area contributed by atoms with E-state index in [9.17, 15) is 0 Å². The van der Waals surface area contributed by atoms with Crippen molar-refractivity contribution in [3.8, 4) is 23.0 Å². The van der Waals surface area contributed by atoms with Crippen LogP contribution < -0.4 is 14.8 Å². The number of hydrogen-bond acceptors (Lipinski definition) is 6. The van der Waals surface area contributed by atoms with Crippen LogP contribution in [0.2, 0.25) is 0 Å². The molecule has 1 N–H and O–H groups in total. The molecule has 25 heavy (non-hydrogen) atoms. The third kappa shape index (κ3) is 4.44. The molecule has 0 aliphatic heterocycles. The van der Waals surface area contributed by atoms with E-state index in [-0.39, 0.29) is 0 Å². The highest BCUT2D eigenvalue weighted by molar-refractivity contribution is 5.57. The summed E-state index contributed by atoms with van der Waals surface area (Å²) in [6.07, 6.45) is 3.50. The highest BCUT2D eigenvalue weighted by Gasteiger charge is 2.07. The van der Waals surface area contributed by atoms with E-state index in [1.165, 1.54) is 0 Å². The second kappa shape index (κ2) is 8.10. The summed E-state index contributed by atoms with van der Waals surface area (Å²) in [4.78, 5) is 13.2. The lowest BCUT2D eigenvalue weighted by Gasteiger charge is -2.11. The predicted octanol–water partition coefficient (Wildman–Crippen LogP) is 3.35. The van der Waals surface area contributed by atoms with Crippen LogP contribution in [0, 0.1) is 6.92 Å². The molecule has 0 radical (unpaired) electrons. The number of nitrogens with one attached hydrogen (secondary N) is 1. The Bertz CT molecular complexity index is 807. The maximum absolute atomic E-state index is 5.68. The number of aryl methyl sites for hydroxylation is 1. The van der Waals surface area contributed by atoms with Crippen LogP contribution in [0.1, 0.15) is 5.56 Å². The Morgan fingerprint density at radius 2 is 1.84 bits per heavy atom. The van der Waals surface area contributed by atoms with Crippen molar-refractivity contribution in [1.29, 1.82) is 0 Å². The van der Waals surface area contributed by atoms with Gasteiger partial charge in [0.1, 0.15) is 18.2 Å². The molecular weight excluding hydrogens is 316 g/mol. The van der Waals surface area contributed by atoms with Gasteiger partial charge in [-0.15, -0.1) is 0 Å². The molecule has 0 unspecified atom stereocenters. The number of benzene rings is 1. The summed E-state index contributed by atoms with van der Waals surface area (Å²) >= 11 is 0. The number of rotatable bonds is 7. The second-order valence-corrected chi connectivity index (χ2v) is 5.40. The normalized spacial score (nSPS) is 10.3. The van der Waals surface area contributed by atoms with Crippen molar-refractivity contribution in [3.05, 3.63) is 60.4 Å². The Morgan fingerprint density at radius 1 is 1.00 bits per heavy atom. The molecule has 6 heteroatoms. The minimum atomic E-state index is 0.548. The highest BCUT2D eigenvalue weighted by atomic mass is 16.5. The van der Waals surface area contributed by atoms with E-state index in [0.717, 1.165) is 22.7 Å². The molecule has 0 aliphatic rings. The van der Waals surface area contributed by atoms with E-state index in [1.807, 2.05) is 43.3 Å². The molecule has 2 aromatic heterocycles. The Balaban J connectivity index is 1.63. The molecule has 128 valence electrons. The molecule has 0 spiro atoms. The molecule has 0 amide bonds. The van der Waals surface area contributed by atoms with Crippen molar-refractivity contribution < 1.29 is 9.47 Å². The first kappa shape index (κ1) is 16.7. The fourth-order valence-corrected chi connectivity index (χ4v) is 2.25. The Labute approximate surface area is 146 Å². The molecule has 3 rings (SSSR count). The Kier molecular flexibility index (Phi) is 5.41. The molecule has 0 atom stereocenters. The summed E-state index contributed by atoms with van der Waals surface area (Å²) in [5, 5.41) is 3.29. The topological polar surface area (TPSA) is 69.2 Å². The SMILES string of the molecule is COc1ccc(-c2ncc(C)c(NCCOc3ccccc3)n2)cn1. The van der Waals surface area contributed by atoms with Crippen molar-refractivity contribution in [3.63, 3.8) is 0 Å². The van der Waals surface area contributed by atoms with Crippen molar-refractivity contribution in [2.75, 3.05) is 25.6 Å².